The Morgan fingerprint density at radius 1 is 1.11 bits per heavy atom. The van der Waals surface area contributed by atoms with Gasteiger partial charge in [0.2, 0.25) is 0 Å². The number of ketones is 1. The fourth-order valence-electron chi connectivity index (χ4n) is 2.47. The van der Waals surface area contributed by atoms with E-state index in [0.29, 0.717) is 11.4 Å². The highest BCUT2D eigenvalue weighted by Crippen LogP contribution is 2.39. The summed E-state index contributed by atoms with van der Waals surface area (Å²) >= 11 is 5.98. The van der Waals surface area contributed by atoms with Crippen LogP contribution in [0.4, 0.5) is 4.39 Å². The van der Waals surface area contributed by atoms with Crippen molar-refractivity contribution >= 4 is 17.4 Å². The number of benzene rings is 2. The molecule has 1 aliphatic rings. The van der Waals surface area contributed by atoms with Gasteiger partial charge in [0, 0.05) is 22.9 Å². The first-order valence-corrected chi connectivity index (χ1v) is 6.11. The molecule has 0 saturated heterocycles. The highest BCUT2D eigenvalue weighted by Gasteiger charge is 2.30. The number of Topliss-reactive ketones (excluding diaryl/α,β-unsaturated/α-hetero) is 1. The highest BCUT2D eigenvalue weighted by molar-refractivity contribution is 6.30. The van der Waals surface area contributed by atoms with Gasteiger partial charge in [0.15, 0.2) is 5.78 Å². The van der Waals surface area contributed by atoms with E-state index in [4.69, 9.17) is 11.6 Å². The third kappa shape index (κ3) is 1.83. The summed E-state index contributed by atoms with van der Waals surface area (Å²) in [7, 11) is 0. The summed E-state index contributed by atoms with van der Waals surface area (Å²) < 4.78 is 12.9. The van der Waals surface area contributed by atoms with Gasteiger partial charge in [-0.2, -0.15) is 0 Å². The number of fused-ring (bicyclic) bond motifs is 1. The largest absolute Gasteiger partial charge is 0.294 e. The lowest BCUT2D eigenvalue weighted by atomic mass is 9.93. The van der Waals surface area contributed by atoms with Crippen molar-refractivity contribution in [3.63, 3.8) is 0 Å². The maximum Gasteiger partial charge on any atom is 0.164 e. The number of carbonyl (C=O) groups excluding carboxylic acids is 1. The molecule has 1 aliphatic carbocycles. The van der Waals surface area contributed by atoms with Gasteiger partial charge in [-0.15, -0.1) is 0 Å². The number of hydrogen-bond acceptors (Lipinski definition) is 1. The molecule has 3 heteroatoms. The van der Waals surface area contributed by atoms with Crippen molar-refractivity contribution in [1.29, 1.82) is 0 Å². The minimum atomic E-state index is -0.269. The van der Waals surface area contributed by atoms with Gasteiger partial charge in [-0.1, -0.05) is 23.7 Å². The predicted molar refractivity (Wildman–Crippen MR) is 68.6 cm³/mol. The first-order valence-electron chi connectivity index (χ1n) is 5.73. The van der Waals surface area contributed by atoms with Crippen molar-refractivity contribution < 1.29 is 9.18 Å². The molecule has 1 nitrogen and oxygen atoms in total. The Kier molecular flexibility index (Phi) is 2.67. The maximum atomic E-state index is 12.9. The van der Waals surface area contributed by atoms with Gasteiger partial charge >= 0.3 is 0 Å². The summed E-state index contributed by atoms with van der Waals surface area (Å²) in [5, 5.41) is 0.621. The van der Waals surface area contributed by atoms with Crippen molar-refractivity contribution in [1.82, 2.24) is 0 Å². The van der Waals surface area contributed by atoms with Crippen molar-refractivity contribution in [2.24, 2.45) is 0 Å². The molecule has 0 saturated carbocycles. The zero-order valence-electron chi connectivity index (χ0n) is 9.49. The molecule has 1 atom stereocenters. The Bertz CT molecular complexity index is 619. The zero-order chi connectivity index (χ0) is 12.7. The number of halogens is 2. The van der Waals surface area contributed by atoms with Crippen LogP contribution in [0.5, 0.6) is 0 Å². The van der Waals surface area contributed by atoms with Gasteiger partial charge in [0.1, 0.15) is 5.82 Å². The smallest absolute Gasteiger partial charge is 0.164 e. The van der Waals surface area contributed by atoms with Crippen LogP contribution in [0.1, 0.15) is 33.8 Å². The van der Waals surface area contributed by atoms with Crippen molar-refractivity contribution in [2.75, 3.05) is 0 Å². The minimum absolute atomic E-state index is 0.00759. The molecule has 0 amide bonds. The third-order valence-electron chi connectivity index (χ3n) is 3.35. The molecular formula is C15H10ClFO. The van der Waals surface area contributed by atoms with Gasteiger partial charge < -0.3 is 0 Å². The molecule has 0 radical (unpaired) electrons. The molecule has 0 heterocycles. The normalized spacial score (nSPS) is 17.9. The quantitative estimate of drug-likeness (QED) is 0.751. The fraction of sp³-hybridized carbons (Fsp3) is 0.133. The second-order valence-corrected chi connectivity index (χ2v) is 4.90. The Morgan fingerprint density at radius 3 is 2.56 bits per heavy atom. The van der Waals surface area contributed by atoms with Gasteiger partial charge in [0.25, 0.3) is 0 Å². The molecule has 2 aromatic rings. The summed E-state index contributed by atoms with van der Waals surface area (Å²) in [6.07, 6.45) is 0.432. The average molecular weight is 261 g/mol. The van der Waals surface area contributed by atoms with E-state index in [-0.39, 0.29) is 17.5 Å². The van der Waals surface area contributed by atoms with E-state index in [1.54, 1.807) is 24.3 Å². The molecule has 0 aliphatic heterocycles. The molecular weight excluding hydrogens is 251 g/mol. The molecule has 0 bridgehead atoms. The average Bonchev–Trinajstić information content (AvgIpc) is 2.67. The first-order chi connectivity index (χ1) is 8.65. The van der Waals surface area contributed by atoms with E-state index >= 15 is 0 Å². The Labute approximate surface area is 109 Å². The van der Waals surface area contributed by atoms with E-state index < -0.39 is 0 Å². The van der Waals surface area contributed by atoms with Crippen molar-refractivity contribution in [2.45, 2.75) is 12.3 Å². The summed E-state index contributed by atoms with van der Waals surface area (Å²) in [5.74, 6) is -0.155. The van der Waals surface area contributed by atoms with Gasteiger partial charge in [0.05, 0.1) is 0 Å². The summed E-state index contributed by atoms with van der Waals surface area (Å²) in [5.41, 5.74) is 2.62. The van der Waals surface area contributed by atoms with Crippen LogP contribution in [-0.2, 0) is 0 Å². The topological polar surface area (TPSA) is 17.1 Å². The molecule has 18 heavy (non-hydrogen) atoms. The summed E-state index contributed by atoms with van der Waals surface area (Å²) in [6.45, 7) is 0. The maximum absolute atomic E-state index is 12.9. The van der Waals surface area contributed by atoms with Crippen LogP contribution in [0.25, 0.3) is 0 Å². The van der Waals surface area contributed by atoms with Crippen molar-refractivity contribution in [3.8, 4) is 0 Å². The molecule has 0 fully saturated rings. The van der Waals surface area contributed by atoms with Gasteiger partial charge in [-0.25, -0.2) is 4.39 Å². The number of carbonyl (C=O) groups is 1. The van der Waals surface area contributed by atoms with Crippen LogP contribution in [0.3, 0.4) is 0 Å². The van der Waals surface area contributed by atoms with E-state index in [9.17, 15) is 9.18 Å². The summed E-state index contributed by atoms with van der Waals surface area (Å²) in [4.78, 5) is 11.9. The van der Waals surface area contributed by atoms with Crippen LogP contribution in [0, 0.1) is 5.82 Å². The van der Waals surface area contributed by atoms with Crippen LogP contribution in [0.15, 0.2) is 42.5 Å². The molecule has 3 rings (SSSR count). The van der Waals surface area contributed by atoms with Crippen LogP contribution in [-0.4, -0.2) is 5.78 Å². The Balaban J connectivity index is 2.09. The van der Waals surface area contributed by atoms with Crippen LogP contribution >= 0.6 is 11.6 Å². The third-order valence-corrected chi connectivity index (χ3v) is 3.59. The monoisotopic (exact) mass is 260 g/mol. The van der Waals surface area contributed by atoms with Gasteiger partial charge in [-0.05, 0) is 41.5 Å². The van der Waals surface area contributed by atoms with Crippen molar-refractivity contribution in [3.05, 3.63) is 70.0 Å². The van der Waals surface area contributed by atoms with E-state index in [1.807, 2.05) is 6.07 Å². The second-order valence-electron chi connectivity index (χ2n) is 4.46. The molecule has 0 spiro atoms. The lowest BCUT2D eigenvalue weighted by molar-refractivity contribution is 0.0991. The number of rotatable bonds is 1. The lowest BCUT2D eigenvalue weighted by Crippen LogP contribution is -1.96. The van der Waals surface area contributed by atoms with Crippen LogP contribution in [0.2, 0.25) is 5.02 Å². The summed E-state index contributed by atoms with van der Waals surface area (Å²) in [6, 6.07) is 11.6. The zero-order valence-corrected chi connectivity index (χ0v) is 10.2. The SMILES string of the molecule is O=C1CC(c2ccc(F)cc2)c2cc(Cl)ccc21. The predicted octanol–water partition coefficient (Wildman–Crippen LogP) is 4.20. The standard InChI is InChI=1S/C15H10ClFO/c16-10-3-6-12-14(7-10)13(8-15(12)18)9-1-4-11(17)5-2-9/h1-7,13H,8H2. The molecule has 0 N–H and O–H groups in total. The van der Waals surface area contributed by atoms with E-state index in [0.717, 1.165) is 16.7 Å². The van der Waals surface area contributed by atoms with Crippen LogP contribution < -0.4 is 0 Å². The first kappa shape index (κ1) is 11.4. The molecule has 1 unspecified atom stereocenters. The minimum Gasteiger partial charge on any atom is -0.294 e. The molecule has 90 valence electrons. The van der Waals surface area contributed by atoms with Gasteiger partial charge in [-0.3, -0.25) is 4.79 Å². The lowest BCUT2D eigenvalue weighted by Gasteiger charge is -2.11. The molecule has 2 aromatic carbocycles. The van der Waals surface area contributed by atoms with E-state index in [2.05, 4.69) is 0 Å². The fourth-order valence-corrected chi connectivity index (χ4v) is 2.65. The number of hydrogen-bond donors (Lipinski definition) is 0. The Morgan fingerprint density at radius 2 is 1.83 bits per heavy atom. The molecule has 0 aromatic heterocycles. The second kappa shape index (κ2) is 4.21. The Hall–Kier alpha value is -1.67. The highest BCUT2D eigenvalue weighted by atomic mass is 35.5. The van der Waals surface area contributed by atoms with E-state index in [1.165, 1.54) is 12.1 Å².